The number of nitrogens with one attached hydrogen (secondary N) is 2. The Morgan fingerprint density at radius 1 is 1.35 bits per heavy atom. The van der Waals surface area contributed by atoms with Crippen molar-refractivity contribution in [2.45, 2.75) is 50.8 Å². The summed E-state index contributed by atoms with van der Waals surface area (Å²) < 4.78 is 5.51. The Bertz CT molecular complexity index is 395. The summed E-state index contributed by atoms with van der Waals surface area (Å²) in [5.41, 5.74) is -0.344. The van der Waals surface area contributed by atoms with Gasteiger partial charge in [0.2, 0.25) is 0 Å². The van der Waals surface area contributed by atoms with Gasteiger partial charge in [-0.3, -0.25) is 4.79 Å². The predicted molar refractivity (Wildman–Crippen MR) is 68.4 cm³/mol. The van der Waals surface area contributed by atoms with Gasteiger partial charge in [0.15, 0.2) is 0 Å². The van der Waals surface area contributed by atoms with E-state index in [9.17, 15) is 14.4 Å². The van der Waals surface area contributed by atoms with Gasteiger partial charge in [0.05, 0.1) is 12.0 Å². The lowest BCUT2D eigenvalue weighted by Gasteiger charge is -2.35. The van der Waals surface area contributed by atoms with Crippen LogP contribution in [0.4, 0.5) is 4.79 Å². The number of hydrogen-bond donors (Lipinski definition) is 4. The number of ether oxygens (including phenoxy) is 1. The second kappa shape index (κ2) is 6.56. The van der Waals surface area contributed by atoms with E-state index in [0.29, 0.717) is 19.4 Å². The molecule has 0 saturated carbocycles. The first-order valence-electron chi connectivity index (χ1n) is 6.35. The van der Waals surface area contributed by atoms with E-state index in [1.54, 1.807) is 0 Å². The van der Waals surface area contributed by atoms with Gasteiger partial charge < -0.3 is 25.6 Å². The number of carboxylic acid groups (broad SMARTS) is 2. The van der Waals surface area contributed by atoms with Crippen LogP contribution in [0, 0.1) is 0 Å². The molecule has 8 nitrogen and oxygen atoms in total. The second-order valence-corrected chi connectivity index (χ2v) is 5.40. The third kappa shape index (κ3) is 5.43. The quantitative estimate of drug-likeness (QED) is 0.571. The maximum Gasteiger partial charge on any atom is 0.326 e. The summed E-state index contributed by atoms with van der Waals surface area (Å²) in [7, 11) is 0. The fourth-order valence-corrected chi connectivity index (χ4v) is 2.12. The van der Waals surface area contributed by atoms with Gasteiger partial charge in [-0.05, 0) is 26.7 Å². The minimum absolute atomic E-state index is 0.127. The van der Waals surface area contributed by atoms with Gasteiger partial charge in [-0.1, -0.05) is 0 Å². The normalized spacial score (nSPS) is 22.6. The molecule has 0 aliphatic carbocycles. The number of carboxylic acids is 2. The molecule has 0 bridgehead atoms. The van der Waals surface area contributed by atoms with Crippen LogP contribution in [0.15, 0.2) is 0 Å². The zero-order valence-corrected chi connectivity index (χ0v) is 11.5. The zero-order valence-electron chi connectivity index (χ0n) is 11.5. The van der Waals surface area contributed by atoms with Gasteiger partial charge in [-0.15, -0.1) is 0 Å². The molecule has 0 aromatic heterocycles. The Kier molecular flexibility index (Phi) is 5.32. The van der Waals surface area contributed by atoms with Crippen molar-refractivity contribution < 1.29 is 29.3 Å². The van der Waals surface area contributed by atoms with Crippen molar-refractivity contribution in [1.82, 2.24) is 10.6 Å². The standard InChI is InChI=1S/C12H20N2O6/c1-12(2)6-7(3-4-20-12)13-11(19)14-8(10(17)18)5-9(15)16/h7-8H,3-6H2,1-2H3,(H,15,16)(H,17,18)(H2,13,14,19). The van der Waals surface area contributed by atoms with E-state index in [0.717, 1.165) is 0 Å². The summed E-state index contributed by atoms with van der Waals surface area (Å²) in [6, 6.07) is -2.25. The highest BCUT2D eigenvalue weighted by Gasteiger charge is 2.30. The fourth-order valence-electron chi connectivity index (χ4n) is 2.12. The highest BCUT2D eigenvalue weighted by molar-refractivity contribution is 5.86. The highest BCUT2D eigenvalue weighted by Crippen LogP contribution is 2.23. The Labute approximate surface area is 116 Å². The molecule has 2 unspecified atom stereocenters. The van der Waals surface area contributed by atoms with E-state index >= 15 is 0 Å². The van der Waals surface area contributed by atoms with E-state index in [2.05, 4.69) is 10.6 Å². The number of carbonyl (C=O) groups is 3. The molecule has 114 valence electrons. The molecule has 1 aliphatic rings. The van der Waals surface area contributed by atoms with Crippen LogP contribution in [-0.2, 0) is 14.3 Å². The topological polar surface area (TPSA) is 125 Å². The lowest BCUT2D eigenvalue weighted by Crippen LogP contribution is -2.52. The van der Waals surface area contributed by atoms with Gasteiger partial charge in [0.25, 0.3) is 0 Å². The summed E-state index contributed by atoms with van der Waals surface area (Å²) in [6.07, 6.45) is 0.576. The van der Waals surface area contributed by atoms with Crippen LogP contribution >= 0.6 is 0 Å². The summed E-state index contributed by atoms with van der Waals surface area (Å²) in [6.45, 7) is 4.32. The first-order valence-corrected chi connectivity index (χ1v) is 6.35. The maximum absolute atomic E-state index is 11.7. The molecule has 0 spiro atoms. The van der Waals surface area contributed by atoms with Crippen molar-refractivity contribution in [3.63, 3.8) is 0 Å². The molecule has 2 atom stereocenters. The molecule has 0 aromatic rings. The van der Waals surface area contributed by atoms with Crippen LogP contribution in [0.25, 0.3) is 0 Å². The fraction of sp³-hybridized carbons (Fsp3) is 0.750. The molecule has 1 heterocycles. The molecule has 0 aromatic carbocycles. The monoisotopic (exact) mass is 288 g/mol. The predicted octanol–water partition coefficient (Wildman–Crippen LogP) is 0.171. The Balaban J connectivity index is 2.49. The van der Waals surface area contributed by atoms with Gasteiger partial charge in [0, 0.05) is 12.6 Å². The van der Waals surface area contributed by atoms with E-state index in [1.807, 2.05) is 13.8 Å². The van der Waals surface area contributed by atoms with E-state index in [4.69, 9.17) is 14.9 Å². The van der Waals surface area contributed by atoms with Crippen LogP contribution in [-0.4, -0.2) is 52.5 Å². The van der Waals surface area contributed by atoms with Crippen molar-refractivity contribution in [1.29, 1.82) is 0 Å². The molecule has 1 rings (SSSR count). The van der Waals surface area contributed by atoms with Crippen LogP contribution in [0.3, 0.4) is 0 Å². The minimum atomic E-state index is -1.44. The molecule has 1 saturated heterocycles. The number of aliphatic carboxylic acids is 2. The van der Waals surface area contributed by atoms with E-state index in [-0.39, 0.29) is 11.6 Å². The number of amides is 2. The number of rotatable bonds is 5. The van der Waals surface area contributed by atoms with Gasteiger partial charge in [-0.25, -0.2) is 9.59 Å². The van der Waals surface area contributed by atoms with Gasteiger partial charge >= 0.3 is 18.0 Å². The van der Waals surface area contributed by atoms with Crippen molar-refractivity contribution >= 4 is 18.0 Å². The number of urea groups is 1. The molecular formula is C12H20N2O6. The summed E-state index contributed by atoms with van der Waals surface area (Å²) in [4.78, 5) is 33.1. The lowest BCUT2D eigenvalue weighted by molar-refractivity contribution is -0.145. The summed E-state index contributed by atoms with van der Waals surface area (Å²) in [5, 5.41) is 22.2. The van der Waals surface area contributed by atoms with Gasteiger partial charge in [0.1, 0.15) is 6.04 Å². The first-order chi connectivity index (χ1) is 9.19. The summed E-state index contributed by atoms with van der Waals surface area (Å²) >= 11 is 0. The average molecular weight is 288 g/mol. The largest absolute Gasteiger partial charge is 0.481 e. The number of carbonyl (C=O) groups excluding carboxylic acids is 1. The van der Waals surface area contributed by atoms with Crippen LogP contribution in [0.5, 0.6) is 0 Å². The molecule has 1 aliphatic heterocycles. The molecular weight excluding hydrogens is 268 g/mol. The van der Waals surface area contributed by atoms with Crippen molar-refractivity contribution in [2.75, 3.05) is 6.61 Å². The van der Waals surface area contributed by atoms with Crippen LogP contribution in [0.2, 0.25) is 0 Å². The Morgan fingerprint density at radius 2 is 2.00 bits per heavy atom. The van der Waals surface area contributed by atoms with E-state index < -0.39 is 30.4 Å². The maximum atomic E-state index is 11.7. The Hall–Kier alpha value is -1.83. The third-order valence-corrected chi connectivity index (χ3v) is 3.01. The highest BCUT2D eigenvalue weighted by atomic mass is 16.5. The molecule has 8 heteroatoms. The molecule has 1 fully saturated rings. The zero-order chi connectivity index (χ0) is 15.3. The van der Waals surface area contributed by atoms with Gasteiger partial charge in [-0.2, -0.15) is 0 Å². The molecule has 2 amide bonds. The minimum Gasteiger partial charge on any atom is -0.481 e. The SMILES string of the molecule is CC1(C)CC(NC(=O)NC(CC(=O)O)C(=O)O)CCO1. The third-order valence-electron chi connectivity index (χ3n) is 3.01. The smallest absolute Gasteiger partial charge is 0.326 e. The van der Waals surface area contributed by atoms with Crippen molar-refractivity contribution in [2.24, 2.45) is 0 Å². The molecule has 4 N–H and O–H groups in total. The van der Waals surface area contributed by atoms with Crippen molar-refractivity contribution in [3.05, 3.63) is 0 Å². The van der Waals surface area contributed by atoms with Crippen LogP contribution < -0.4 is 10.6 Å². The van der Waals surface area contributed by atoms with E-state index in [1.165, 1.54) is 0 Å². The number of hydrogen-bond acceptors (Lipinski definition) is 4. The first kappa shape index (κ1) is 16.2. The average Bonchev–Trinajstić information content (AvgIpc) is 2.25. The van der Waals surface area contributed by atoms with Crippen LogP contribution in [0.1, 0.15) is 33.1 Å². The second-order valence-electron chi connectivity index (χ2n) is 5.40. The summed E-state index contributed by atoms with van der Waals surface area (Å²) in [5.74, 6) is -2.67. The Morgan fingerprint density at radius 3 is 2.50 bits per heavy atom. The molecule has 20 heavy (non-hydrogen) atoms. The lowest BCUT2D eigenvalue weighted by atomic mass is 9.94. The van der Waals surface area contributed by atoms with Crippen molar-refractivity contribution in [3.8, 4) is 0 Å². The molecule has 0 radical (unpaired) electrons.